The number of rotatable bonds is 4. The Morgan fingerprint density at radius 3 is 2.50 bits per heavy atom. The van der Waals surface area contributed by atoms with Gasteiger partial charge >= 0.3 is 6.18 Å². The van der Waals surface area contributed by atoms with Gasteiger partial charge in [0.15, 0.2) is 5.78 Å². The second kappa shape index (κ2) is 7.82. The molecule has 1 fully saturated rings. The molecule has 1 saturated carbocycles. The van der Waals surface area contributed by atoms with Gasteiger partial charge < -0.3 is 0 Å². The molecule has 6 heteroatoms. The van der Waals surface area contributed by atoms with Crippen molar-refractivity contribution in [1.82, 2.24) is 4.98 Å². The van der Waals surface area contributed by atoms with Crippen LogP contribution in [0.1, 0.15) is 55.1 Å². The largest absolute Gasteiger partial charge is 0.417 e. The molecule has 0 radical (unpaired) electrons. The lowest BCUT2D eigenvalue weighted by Gasteiger charge is -2.22. The van der Waals surface area contributed by atoms with E-state index in [4.69, 9.17) is 0 Å². The summed E-state index contributed by atoms with van der Waals surface area (Å²) in [5.74, 6) is -0.168. The van der Waals surface area contributed by atoms with Crippen LogP contribution in [0, 0.1) is 0 Å². The summed E-state index contributed by atoms with van der Waals surface area (Å²) < 4.78 is 40.0. The van der Waals surface area contributed by atoms with Gasteiger partial charge in [0.1, 0.15) is 5.69 Å². The van der Waals surface area contributed by atoms with Gasteiger partial charge in [-0.1, -0.05) is 37.5 Å². The van der Waals surface area contributed by atoms with E-state index in [9.17, 15) is 18.0 Å². The first kappa shape index (κ1) is 19.0. The molecule has 2 aromatic rings. The molecule has 0 aliphatic heterocycles. The van der Waals surface area contributed by atoms with Crippen LogP contribution in [0.3, 0.4) is 0 Å². The van der Waals surface area contributed by atoms with Crippen LogP contribution in [0.5, 0.6) is 0 Å². The van der Waals surface area contributed by atoms with E-state index in [1.807, 2.05) is 0 Å². The van der Waals surface area contributed by atoms with Gasteiger partial charge in [0.05, 0.1) is 5.56 Å². The van der Waals surface area contributed by atoms with Gasteiger partial charge in [-0.3, -0.25) is 9.78 Å². The molecule has 0 saturated heterocycles. The molecule has 3 rings (SSSR count). The van der Waals surface area contributed by atoms with Crippen molar-refractivity contribution in [2.75, 3.05) is 0 Å². The summed E-state index contributed by atoms with van der Waals surface area (Å²) in [4.78, 5) is 16.8. The molecular formula is C20H20F3NOS. The van der Waals surface area contributed by atoms with E-state index in [-0.39, 0.29) is 11.3 Å². The third-order valence-electron chi connectivity index (χ3n) is 4.58. The molecular weight excluding hydrogens is 359 g/mol. The highest BCUT2D eigenvalue weighted by Crippen LogP contribution is 2.40. The molecule has 0 spiro atoms. The lowest BCUT2D eigenvalue weighted by atomic mass is 10.00. The van der Waals surface area contributed by atoms with Gasteiger partial charge in [-0.2, -0.15) is 13.2 Å². The van der Waals surface area contributed by atoms with Crippen molar-refractivity contribution in [3.05, 3.63) is 47.8 Å². The smallest absolute Gasteiger partial charge is 0.293 e. The summed E-state index contributed by atoms with van der Waals surface area (Å²) in [5.41, 5.74) is 0.133. The van der Waals surface area contributed by atoms with Crippen LogP contribution in [-0.4, -0.2) is 16.0 Å². The Labute approximate surface area is 155 Å². The van der Waals surface area contributed by atoms with Gasteiger partial charge in [-0.05, 0) is 30.5 Å². The molecule has 0 N–H and O–H groups in total. The van der Waals surface area contributed by atoms with E-state index >= 15 is 0 Å². The Kier molecular flexibility index (Phi) is 5.70. The number of carbonyl (C=O) groups is 1. The summed E-state index contributed by atoms with van der Waals surface area (Å²) in [7, 11) is 0. The zero-order valence-corrected chi connectivity index (χ0v) is 15.3. The molecule has 1 aromatic carbocycles. The van der Waals surface area contributed by atoms with Crippen LogP contribution in [0.25, 0.3) is 11.1 Å². The van der Waals surface area contributed by atoms with Gasteiger partial charge in [0.2, 0.25) is 0 Å². The molecule has 0 amide bonds. The van der Waals surface area contributed by atoms with E-state index in [1.54, 1.807) is 23.9 Å². The molecule has 138 valence electrons. The van der Waals surface area contributed by atoms with E-state index in [1.165, 1.54) is 31.7 Å². The zero-order chi connectivity index (χ0) is 18.7. The average Bonchev–Trinajstić information content (AvgIpc) is 2.61. The summed E-state index contributed by atoms with van der Waals surface area (Å²) in [6.07, 6.45) is 2.57. The highest BCUT2D eigenvalue weighted by molar-refractivity contribution is 8.00. The van der Waals surface area contributed by atoms with Crippen LogP contribution in [0.2, 0.25) is 0 Å². The van der Waals surface area contributed by atoms with E-state index in [0.717, 1.165) is 31.7 Å². The van der Waals surface area contributed by atoms with E-state index < -0.39 is 11.7 Å². The second-order valence-corrected chi connectivity index (χ2v) is 7.89. The summed E-state index contributed by atoms with van der Waals surface area (Å²) >= 11 is 1.58. The first-order chi connectivity index (χ1) is 12.4. The molecule has 1 aliphatic rings. The van der Waals surface area contributed by atoms with Crippen LogP contribution in [0.15, 0.2) is 41.4 Å². The number of aromatic nitrogens is 1. The normalized spacial score (nSPS) is 15.8. The lowest BCUT2D eigenvalue weighted by Crippen LogP contribution is -2.10. The molecule has 26 heavy (non-hydrogen) atoms. The van der Waals surface area contributed by atoms with Crippen LogP contribution in [0.4, 0.5) is 13.2 Å². The fourth-order valence-corrected chi connectivity index (χ4v) is 4.72. The average molecular weight is 379 g/mol. The quantitative estimate of drug-likeness (QED) is 0.576. The van der Waals surface area contributed by atoms with Gasteiger partial charge in [0.25, 0.3) is 0 Å². The minimum Gasteiger partial charge on any atom is -0.293 e. The first-order valence-electron chi connectivity index (χ1n) is 8.70. The fourth-order valence-electron chi connectivity index (χ4n) is 3.29. The van der Waals surface area contributed by atoms with Gasteiger partial charge in [0, 0.05) is 28.8 Å². The number of halogens is 3. The van der Waals surface area contributed by atoms with Gasteiger partial charge in [-0.15, -0.1) is 11.8 Å². The van der Waals surface area contributed by atoms with Crippen molar-refractivity contribution in [2.24, 2.45) is 0 Å². The summed E-state index contributed by atoms with van der Waals surface area (Å²) in [6, 6.07) is 7.16. The van der Waals surface area contributed by atoms with Crippen molar-refractivity contribution in [2.45, 2.75) is 55.3 Å². The van der Waals surface area contributed by atoms with Crippen LogP contribution < -0.4 is 0 Å². The fraction of sp³-hybridized carbons (Fsp3) is 0.400. The molecule has 0 bridgehead atoms. The van der Waals surface area contributed by atoms with Crippen molar-refractivity contribution >= 4 is 17.5 Å². The third kappa shape index (κ3) is 4.29. The molecule has 1 aliphatic carbocycles. The monoisotopic (exact) mass is 379 g/mol. The number of carbonyl (C=O) groups excluding carboxylic acids is 1. The predicted octanol–water partition coefficient (Wildman–Crippen LogP) is 6.39. The van der Waals surface area contributed by atoms with Crippen molar-refractivity contribution in [3.8, 4) is 11.1 Å². The maximum absolute atomic E-state index is 13.3. The lowest BCUT2D eigenvalue weighted by molar-refractivity contribution is -0.137. The molecule has 1 aromatic heterocycles. The maximum Gasteiger partial charge on any atom is 0.417 e. The number of hydrogen-bond acceptors (Lipinski definition) is 3. The number of nitrogens with zero attached hydrogens (tertiary/aromatic N) is 1. The number of ketones is 1. The highest BCUT2D eigenvalue weighted by atomic mass is 32.2. The summed E-state index contributed by atoms with van der Waals surface area (Å²) in [6.45, 7) is 1.44. The van der Waals surface area contributed by atoms with E-state index in [0.29, 0.717) is 21.4 Å². The molecule has 0 unspecified atom stereocenters. The molecule has 2 nitrogen and oxygen atoms in total. The number of alkyl halides is 3. The topological polar surface area (TPSA) is 30.0 Å². The third-order valence-corrected chi connectivity index (χ3v) is 5.95. The highest BCUT2D eigenvalue weighted by Gasteiger charge is 2.33. The number of thioether (sulfide) groups is 1. The Hall–Kier alpha value is -1.82. The molecule has 1 heterocycles. The van der Waals surface area contributed by atoms with Gasteiger partial charge in [-0.25, -0.2) is 0 Å². The number of pyridine rings is 1. The maximum atomic E-state index is 13.3. The van der Waals surface area contributed by atoms with Crippen molar-refractivity contribution < 1.29 is 18.0 Å². The number of benzene rings is 1. The number of Topliss-reactive ketones (excluding diaryl/α,β-unsaturated/α-hetero) is 1. The second-order valence-electron chi connectivity index (χ2n) is 6.55. The summed E-state index contributed by atoms with van der Waals surface area (Å²) in [5, 5.41) is 0.386. The van der Waals surface area contributed by atoms with Crippen molar-refractivity contribution in [1.29, 1.82) is 0 Å². The minimum absolute atomic E-state index is 0.0908. The Bertz CT molecular complexity index is 798. The SMILES string of the molecule is CC(=O)c1ncc(-c2ccccc2C(F)(F)F)cc1SC1CCCCC1. The Balaban J connectivity index is 2.02. The zero-order valence-electron chi connectivity index (χ0n) is 14.5. The Morgan fingerprint density at radius 1 is 1.15 bits per heavy atom. The van der Waals surface area contributed by atoms with Crippen molar-refractivity contribution in [3.63, 3.8) is 0 Å². The Morgan fingerprint density at radius 2 is 1.85 bits per heavy atom. The first-order valence-corrected chi connectivity index (χ1v) is 9.58. The van der Waals surface area contributed by atoms with Crippen LogP contribution >= 0.6 is 11.8 Å². The number of hydrogen-bond donors (Lipinski definition) is 0. The van der Waals surface area contributed by atoms with E-state index in [2.05, 4.69) is 4.98 Å². The predicted molar refractivity (Wildman–Crippen MR) is 97.4 cm³/mol. The standard InChI is InChI=1S/C20H20F3NOS/c1-13(25)19-18(26-15-7-3-2-4-8-15)11-14(12-24-19)16-9-5-6-10-17(16)20(21,22)23/h5-6,9-12,15H,2-4,7-8H2,1H3. The minimum atomic E-state index is -4.44. The molecule has 0 atom stereocenters. The van der Waals surface area contributed by atoms with Crippen LogP contribution in [-0.2, 0) is 6.18 Å².